The van der Waals surface area contributed by atoms with Crippen LogP contribution in [0.15, 0.2) is 0 Å². The van der Waals surface area contributed by atoms with Crippen molar-refractivity contribution in [1.29, 1.82) is 0 Å². The van der Waals surface area contributed by atoms with Crippen molar-refractivity contribution in [3.63, 3.8) is 0 Å². The number of hydrogen-bond acceptors (Lipinski definition) is 1. The van der Waals surface area contributed by atoms with Gasteiger partial charge in [-0.3, -0.25) is 4.79 Å². The van der Waals surface area contributed by atoms with Gasteiger partial charge >= 0.3 is 0 Å². The molecule has 0 atom stereocenters. The molecule has 0 heterocycles. The fourth-order valence-corrected chi connectivity index (χ4v) is 0.612. The first kappa shape index (κ1) is 13.1. The van der Waals surface area contributed by atoms with E-state index < -0.39 is 0 Å². The number of nitrogens with two attached hydrogens (primary N) is 1. The highest BCUT2D eigenvalue weighted by molar-refractivity contribution is 5.70. The van der Waals surface area contributed by atoms with E-state index in [1.807, 2.05) is 0 Å². The lowest BCUT2D eigenvalue weighted by atomic mass is 10.1. The summed E-state index contributed by atoms with van der Waals surface area (Å²) >= 11 is 0. The molecule has 0 aliphatic heterocycles. The van der Waals surface area contributed by atoms with Crippen LogP contribution in [0.2, 0.25) is 0 Å². The average molecular weight is 159 g/mol. The molecule has 11 heavy (non-hydrogen) atoms. The third-order valence-electron chi connectivity index (χ3n) is 1.14. The van der Waals surface area contributed by atoms with Crippen LogP contribution in [0.1, 0.15) is 47.0 Å². The van der Waals surface area contributed by atoms with Crippen molar-refractivity contribution < 1.29 is 4.79 Å². The third-order valence-corrected chi connectivity index (χ3v) is 1.14. The Labute approximate surface area is 70.2 Å². The molecule has 0 aromatic carbocycles. The molecule has 0 radical (unpaired) electrons. The van der Waals surface area contributed by atoms with Gasteiger partial charge in [0.15, 0.2) is 0 Å². The number of unbranched alkanes of at least 4 members (excludes halogenated alkanes) is 1. The first-order valence-electron chi connectivity index (χ1n) is 4.26. The Morgan fingerprint density at radius 3 is 1.91 bits per heavy atom. The van der Waals surface area contributed by atoms with Crippen molar-refractivity contribution in [3.8, 4) is 0 Å². The maximum absolute atomic E-state index is 9.22. The Morgan fingerprint density at radius 2 is 1.82 bits per heavy atom. The van der Waals surface area contributed by atoms with Crippen LogP contribution in [-0.2, 0) is 4.79 Å². The Morgan fingerprint density at radius 1 is 1.45 bits per heavy atom. The molecule has 0 spiro atoms. The lowest BCUT2D eigenvalue weighted by molar-refractivity contribution is -0.115. The summed E-state index contributed by atoms with van der Waals surface area (Å²) in [6, 6.07) is 0. The Balaban J connectivity index is 0. The molecule has 0 aromatic rings. The third kappa shape index (κ3) is 43.9. The minimum absolute atomic E-state index is 0.333. The van der Waals surface area contributed by atoms with Gasteiger partial charge in [-0.05, 0) is 5.92 Å². The van der Waals surface area contributed by atoms with E-state index >= 15 is 0 Å². The Kier molecular flexibility index (Phi) is 11.3. The van der Waals surface area contributed by atoms with Crippen LogP contribution in [0.3, 0.4) is 0 Å². The molecule has 2 heteroatoms. The van der Waals surface area contributed by atoms with Crippen LogP contribution >= 0.6 is 0 Å². The van der Waals surface area contributed by atoms with Gasteiger partial charge < -0.3 is 5.73 Å². The molecule has 0 aromatic heterocycles. The number of primary amides is 1. The predicted octanol–water partition coefficient (Wildman–Crippen LogP) is 2.32. The maximum Gasteiger partial charge on any atom is 0.214 e. The molecule has 0 unspecified atom stereocenters. The largest absolute Gasteiger partial charge is 0.370 e. The highest BCUT2D eigenvalue weighted by atomic mass is 16.1. The second-order valence-corrected chi connectivity index (χ2v) is 3.15. The van der Waals surface area contributed by atoms with E-state index in [4.69, 9.17) is 0 Å². The topological polar surface area (TPSA) is 43.1 Å². The summed E-state index contributed by atoms with van der Waals surface area (Å²) in [5.74, 6) is 0.569. The van der Waals surface area contributed by atoms with Crippen LogP contribution in [0.4, 0.5) is 0 Å². The highest BCUT2D eigenvalue weighted by Crippen LogP contribution is 2.04. The van der Waals surface area contributed by atoms with E-state index in [0.29, 0.717) is 0 Å². The van der Waals surface area contributed by atoms with Crippen molar-refractivity contribution in [3.05, 3.63) is 0 Å². The Hall–Kier alpha value is -0.530. The molecular weight excluding hydrogens is 138 g/mol. The van der Waals surface area contributed by atoms with Crippen LogP contribution < -0.4 is 5.73 Å². The van der Waals surface area contributed by atoms with Crippen molar-refractivity contribution >= 4 is 5.91 Å². The van der Waals surface area contributed by atoms with E-state index in [1.54, 1.807) is 0 Å². The SMILES string of the molecule is CC(N)=O.CCCCC(C)C. The van der Waals surface area contributed by atoms with Crippen molar-refractivity contribution in [2.45, 2.75) is 47.0 Å². The summed E-state index contributed by atoms with van der Waals surface area (Å²) in [5, 5.41) is 0. The molecule has 1 amide bonds. The zero-order valence-electron chi connectivity index (χ0n) is 8.18. The molecule has 0 aliphatic carbocycles. The first-order chi connectivity index (χ1) is 5.00. The van der Waals surface area contributed by atoms with Gasteiger partial charge in [-0.25, -0.2) is 0 Å². The zero-order valence-corrected chi connectivity index (χ0v) is 8.18. The number of rotatable bonds is 3. The van der Waals surface area contributed by atoms with Crippen molar-refractivity contribution in [2.24, 2.45) is 11.7 Å². The second-order valence-electron chi connectivity index (χ2n) is 3.15. The van der Waals surface area contributed by atoms with Gasteiger partial charge in [-0.15, -0.1) is 0 Å². The normalized spacial score (nSPS) is 8.82. The van der Waals surface area contributed by atoms with Gasteiger partial charge in [-0.2, -0.15) is 0 Å². The van der Waals surface area contributed by atoms with Gasteiger partial charge in [0.2, 0.25) is 5.91 Å². The monoisotopic (exact) mass is 159 g/mol. The van der Waals surface area contributed by atoms with Crippen molar-refractivity contribution in [2.75, 3.05) is 0 Å². The number of hydrogen-bond donors (Lipinski definition) is 1. The average Bonchev–Trinajstić information content (AvgIpc) is 1.82. The molecule has 68 valence electrons. The molecule has 2 N–H and O–H groups in total. The summed E-state index contributed by atoms with van der Waals surface area (Å²) < 4.78 is 0. The van der Waals surface area contributed by atoms with E-state index in [0.717, 1.165) is 5.92 Å². The highest BCUT2D eigenvalue weighted by Gasteiger charge is 1.88. The summed E-state index contributed by atoms with van der Waals surface area (Å²) in [6.45, 7) is 8.09. The summed E-state index contributed by atoms with van der Waals surface area (Å²) in [4.78, 5) is 9.22. The summed E-state index contributed by atoms with van der Waals surface area (Å²) in [6.07, 6.45) is 4.15. The number of carbonyl (C=O) groups excluding carboxylic acids is 1. The molecule has 2 nitrogen and oxygen atoms in total. The smallest absolute Gasteiger partial charge is 0.214 e. The van der Waals surface area contributed by atoms with Gasteiger partial charge in [0.25, 0.3) is 0 Å². The lowest BCUT2D eigenvalue weighted by Gasteiger charge is -1.98. The Bertz CT molecular complexity index is 85.6. The minimum atomic E-state index is -0.333. The number of amides is 1. The van der Waals surface area contributed by atoms with Crippen LogP contribution in [0, 0.1) is 5.92 Å². The van der Waals surface area contributed by atoms with E-state index in [-0.39, 0.29) is 5.91 Å². The van der Waals surface area contributed by atoms with E-state index in [2.05, 4.69) is 26.5 Å². The second kappa shape index (κ2) is 9.47. The van der Waals surface area contributed by atoms with Crippen LogP contribution in [0.25, 0.3) is 0 Å². The van der Waals surface area contributed by atoms with Gasteiger partial charge in [0, 0.05) is 6.92 Å². The fourth-order valence-electron chi connectivity index (χ4n) is 0.612. The molecule has 0 saturated heterocycles. The quantitative estimate of drug-likeness (QED) is 0.674. The summed E-state index contributed by atoms with van der Waals surface area (Å²) in [5.41, 5.74) is 4.47. The van der Waals surface area contributed by atoms with Crippen LogP contribution in [-0.4, -0.2) is 5.91 Å². The van der Waals surface area contributed by atoms with Gasteiger partial charge in [-0.1, -0.05) is 40.0 Å². The minimum Gasteiger partial charge on any atom is -0.370 e. The van der Waals surface area contributed by atoms with Gasteiger partial charge in [0.1, 0.15) is 0 Å². The van der Waals surface area contributed by atoms with Gasteiger partial charge in [0.05, 0.1) is 0 Å². The lowest BCUT2D eigenvalue weighted by Crippen LogP contribution is -2.01. The standard InChI is InChI=1S/C7H16.C2H5NO/c1-4-5-6-7(2)3;1-2(3)4/h7H,4-6H2,1-3H3;1H3,(H2,3,4). The maximum atomic E-state index is 9.22. The molecular formula is C9H21NO. The predicted molar refractivity (Wildman–Crippen MR) is 49.2 cm³/mol. The fraction of sp³-hybridized carbons (Fsp3) is 0.889. The summed E-state index contributed by atoms with van der Waals surface area (Å²) in [7, 11) is 0. The molecule has 0 bridgehead atoms. The van der Waals surface area contributed by atoms with E-state index in [1.165, 1.54) is 26.2 Å². The molecule has 0 rings (SSSR count). The molecule has 0 fully saturated rings. The first-order valence-corrected chi connectivity index (χ1v) is 4.26. The molecule has 0 aliphatic rings. The van der Waals surface area contributed by atoms with Crippen molar-refractivity contribution in [1.82, 2.24) is 0 Å². The van der Waals surface area contributed by atoms with Crippen LogP contribution in [0.5, 0.6) is 0 Å². The number of carbonyl (C=O) groups is 1. The molecule has 0 saturated carbocycles. The van der Waals surface area contributed by atoms with E-state index in [9.17, 15) is 4.79 Å². The zero-order chi connectivity index (χ0) is 9.28.